The molecule has 0 spiro atoms. The minimum atomic E-state index is -0.490. The Balaban J connectivity index is 2.04. The fourth-order valence-electron chi connectivity index (χ4n) is 4.22. The van der Waals surface area contributed by atoms with Gasteiger partial charge < -0.3 is 0 Å². The Hall–Kier alpha value is -3.02. The highest BCUT2D eigenvalue weighted by Gasteiger charge is 2.57. The van der Waals surface area contributed by atoms with Crippen LogP contribution in [0.2, 0.25) is 0 Å². The summed E-state index contributed by atoms with van der Waals surface area (Å²) in [4.78, 5) is 21.7. The predicted octanol–water partition coefficient (Wildman–Crippen LogP) is 3.64. The first-order chi connectivity index (χ1) is 11.3. The van der Waals surface area contributed by atoms with E-state index in [4.69, 9.17) is 0 Å². The molecule has 6 nitrogen and oxygen atoms in total. The average Bonchev–Trinajstić information content (AvgIpc) is 2.52. The van der Waals surface area contributed by atoms with Crippen molar-refractivity contribution >= 4 is 0 Å². The Labute approximate surface area is 137 Å². The molecule has 0 bridgehead atoms. The molecule has 0 amide bonds. The second kappa shape index (κ2) is 4.29. The molecule has 2 atom stereocenters. The molecule has 0 heterocycles. The second-order valence-corrected chi connectivity index (χ2v) is 6.68. The van der Waals surface area contributed by atoms with Crippen molar-refractivity contribution in [3.8, 4) is 0 Å². The minimum absolute atomic E-state index is 0.0589. The summed E-state index contributed by atoms with van der Waals surface area (Å²) in [5, 5.41) is 22.4. The largest absolute Gasteiger partial charge is 0.270 e. The molecular formula is C18H14N2O4. The molecule has 0 aliphatic heterocycles. The standard InChI is InChI=1S/C18H14N2O4/c1-17-11-3-5-13-9-16(20(23)24)10-14(18(13,17)2)6-4-12(17)8-15(7-11)19(21)22/h3-10H,1-2H3. The van der Waals surface area contributed by atoms with Crippen LogP contribution in [-0.2, 0) is 0 Å². The SMILES string of the molecule is CC12C3=CC=C4C=C([N+](=O)[O-])C=C(C=CC1=CC([N+](=O)[O-])=C3)C42C. The van der Waals surface area contributed by atoms with Crippen molar-refractivity contribution in [1.82, 2.24) is 0 Å². The van der Waals surface area contributed by atoms with E-state index in [1.807, 2.05) is 38.2 Å². The Kier molecular flexibility index (Phi) is 2.60. The lowest BCUT2D eigenvalue weighted by atomic mass is 9.46. The van der Waals surface area contributed by atoms with Crippen LogP contribution in [0.5, 0.6) is 0 Å². The van der Waals surface area contributed by atoms with Gasteiger partial charge in [0.1, 0.15) is 0 Å². The van der Waals surface area contributed by atoms with Gasteiger partial charge in [-0.25, -0.2) is 0 Å². The lowest BCUT2D eigenvalue weighted by Gasteiger charge is -2.55. The van der Waals surface area contributed by atoms with Gasteiger partial charge in [0.05, 0.1) is 9.85 Å². The summed E-state index contributed by atoms with van der Waals surface area (Å²) in [5.41, 5.74) is 2.55. The fourth-order valence-corrected chi connectivity index (χ4v) is 4.22. The van der Waals surface area contributed by atoms with Crippen molar-refractivity contribution in [2.24, 2.45) is 10.8 Å². The minimum Gasteiger partial charge on any atom is -0.258 e. The Bertz CT molecular complexity index is 866. The monoisotopic (exact) mass is 322 g/mol. The maximum absolute atomic E-state index is 11.2. The molecule has 0 saturated heterocycles. The highest BCUT2D eigenvalue weighted by atomic mass is 16.6. The molecule has 0 N–H and O–H groups in total. The summed E-state index contributed by atoms with van der Waals surface area (Å²) in [6.07, 6.45) is 13.8. The highest BCUT2D eigenvalue weighted by Crippen LogP contribution is 2.65. The van der Waals surface area contributed by atoms with Crippen LogP contribution in [0, 0.1) is 31.1 Å². The summed E-state index contributed by atoms with van der Waals surface area (Å²) >= 11 is 0. The predicted molar refractivity (Wildman–Crippen MR) is 87.8 cm³/mol. The zero-order chi connectivity index (χ0) is 17.3. The van der Waals surface area contributed by atoms with Gasteiger partial charge in [0.25, 0.3) is 11.4 Å². The smallest absolute Gasteiger partial charge is 0.258 e. The van der Waals surface area contributed by atoms with Gasteiger partial charge in [-0.15, -0.1) is 0 Å². The summed E-state index contributed by atoms with van der Waals surface area (Å²) in [6, 6.07) is 0. The summed E-state index contributed by atoms with van der Waals surface area (Å²) < 4.78 is 0. The van der Waals surface area contributed by atoms with Crippen LogP contribution in [0.3, 0.4) is 0 Å². The molecule has 4 rings (SSSR count). The first-order valence-corrected chi connectivity index (χ1v) is 7.56. The van der Waals surface area contributed by atoms with E-state index < -0.39 is 10.8 Å². The third kappa shape index (κ3) is 1.50. The fraction of sp³-hybridized carbons (Fsp3) is 0.222. The van der Waals surface area contributed by atoms with Crippen LogP contribution < -0.4 is 0 Å². The van der Waals surface area contributed by atoms with E-state index in [0.717, 1.165) is 22.3 Å². The van der Waals surface area contributed by atoms with Crippen molar-refractivity contribution in [3.05, 3.63) is 103 Å². The van der Waals surface area contributed by atoms with Crippen LogP contribution in [0.1, 0.15) is 13.8 Å². The van der Waals surface area contributed by atoms with E-state index in [-0.39, 0.29) is 21.2 Å². The van der Waals surface area contributed by atoms with Crippen molar-refractivity contribution in [2.45, 2.75) is 13.8 Å². The number of hydrogen-bond donors (Lipinski definition) is 0. The molecule has 0 aromatic rings. The van der Waals surface area contributed by atoms with E-state index in [1.165, 1.54) is 0 Å². The van der Waals surface area contributed by atoms with Crippen molar-refractivity contribution in [3.63, 3.8) is 0 Å². The summed E-state index contributed by atoms with van der Waals surface area (Å²) in [5.74, 6) is 0. The molecule has 0 radical (unpaired) electrons. The van der Waals surface area contributed by atoms with Gasteiger partial charge in [-0.05, 0) is 22.3 Å². The third-order valence-electron chi connectivity index (χ3n) is 5.83. The highest BCUT2D eigenvalue weighted by molar-refractivity contribution is 5.67. The van der Waals surface area contributed by atoms with Gasteiger partial charge >= 0.3 is 0 Å². The Morgan fingerprint density at radius 1 is 0.708 bits per heavy atom. The van der Waals surface area contributed by atoms with Gasteiger partial charge in [0.15, 0.2) is 0 Å². The molecule has 120 valence electrons. The van der Waals surface area contributed by atoms with Crippen molar-refractivity contribution in [2.75, 3.05) is 0 Å². The number of nitro groups is 2. The Morgan fingerprint density at radius 2 is 1.08 bits per heavy atom. The molecule has 2 unspecified atom stereocenters. The van der Waals surface area contributed by atoms with E-state index >= 15 is 0 Å². The lowest BCUT2D eigenvalue weighted by molar-refractivity contribution is -0.419. The van der Waals surface area contributed by atoms with Crippen molar-refractivity contribution in [1.29, 1.82) is 0 Å². The zero-order valence-corrected chi connectivity index (χ0v) is 13.1. The molecular weight excluding hydrogens is 308 g/mol. The van der Waals surface area contributed by atoms with Crippen LogP contribution in [0.4, 0.5) is 0 Å². The summed E-state index contributed by atoms with van der Waals surface area (Å²) in [6.45, 7) is 4.10. The van der Waals surface area contributed by atoms with Gasteiger partial charge in [0.2, 0.25) is 0 Å². The molecule has 0 saturated carbocycles. The van der Waals surface area contributed by atoms with Crippen LogP contribution in [0.25, 0.3) is 0 Å². The van der Waals surface area contributed by atoms with Gasteiger partial charge in [-0.1, -0.05) is 38.2 Å². The van der Waals surface area contributed by atoms with E-state index in [1.54, 1.807) is 24.3 Å². The molecule has 6 heteroatoms. The first kappa shape index (κ1) is 14.6. The van der Waals surface area contributed by atoms with E-state index in [0.29, 0.717) is 0 Å². The first-order valence-electron chi connectivity index (χ1n) is 7.56. The molecule has 0 aromatic carbocycles. The summed E-state index contributed by atoms with van der Waals surface area (Å²) in [7, 11) is 0. The average molecular weight is 322 g/mol. The maximum atomic E-state index is 11.2. The quantitative estimate of drug-likeness (QED) is 0.573. The second-order valence-electron chi connectivity index (χ2n) is 6.68. The number of allylic oxidation sites excluding steroid dienone is 12. The van der Waals surface area contributed by atoms with Crippen LogP contribution in [-0.4, -0.2) is 9.85 Å². The van der Waals surface area contributed by atoms with Crippen molar-refractivity contribution < 1.29 is 9.85 Å². The molecule has 0 fully saturated rings. The normalized spacial score (nSPS) is 32.4. The topological polar surface area (TPSA) is 86.3 Å². The molecule has 0 aromatic heterocycles. The molecule has 4 aliphatic carbocycles. The Morgan fingerprint density at radius 3 is 1.42 bits per heavy atom. The lowest BCUT2D eigenvalue weighted by Crippen LogP contribution is -2.47. The van der Waals surface area contributed by atoms with Crippen LogP contribution >= 0.6 is 0 Å². The molecule has 24 heavy (non-hydrogen) atoms. The molecule has 4 aliphatic rings. The van der Waals surface area contributed by atoms with Crippen LogP contribution in [0.15, 0.2) is 82.3 Å². The van der Waals surface area contributed by atoms with Gasteiger partial charge in [-0.2, -0.15) is 0 Å². The van der Waals surface area contributed by atoms with E-state index in [2.05, 4.69) is 0 Å². The number of nitrogens with zero attached hydrogens (tertiary/aromatic N) is 2. The zero-order valence-electron chi connectivity index (χ0n) is 13.1. The maximum Gasteiger partial charge on any atom is 0.270 e. The van der Waals surface area contributed by atoms with Gasteiger partial charge in [0, 0.05) is 35.1 Å². The third-order valence-corrected chi connectivity index (χ3v) is 5.83. The number of rotatable bonds is 2. The number of hydrogen-bond acceptors (Lipinski definition) is 4. The van der Waals surface area contributed by atoms with E-state index in [9.17, 15) is 20.2 Å². The van der Waals surface area contributed by atoms with Gasteiger partial charge in [-0.3, -0.25) is 20.2 Å².